The third-order valence-electron chi connectivity index (χ3n) is 4.03. The van der Waals surface area contributed by atoms with Gasteiger partial charge in [-0.05, 0) is 68.3 Å². The Labute approximate surface area is 151 Å². The molecule has 2 aromatic rings. The Hall–Kier alpha value is -3.33. The Kier molecular flexibility index (Phi) is 5.18. The molecule has 1 aliphatic rings. The SMILES string of the molecule is C[C@H](Oc1ccc(C#N)cc1)C(=O)Nc1ccc(NC(=O)C2CC2)cc1. The number of rotatable bonds is 6. The lowest BCUT2D eigenvalue weighted by molar-refractivity contribution is -0.122. The van der Waals surface area contributed by atoms with E-state index in [1.165, 1.54) is 0 Å². The van der Waals surface area contributed by atoms with Gasteiger partial charge < -0.3 is 15.4 Å². The predicted octanol–water partition coefficient (Wildman–Crippen LogP) is 3.31. The topological polar surface area (TPSA) is 91.2 Å². The summed E-state index contributed by atoms with van der Waals surface area (Å²) in [4.78, 5) is 24.0. The van der Waals surface area contributed by atoms with Gasteiger partial charge in [0.15, 0.2) is 6.10 Å². The quantitative estimate of drug-likeness (QED) is 0.837. The van der Waals surface area contributed by atoms with Crippen molar-refractivity contribution in [2.75, 3.05) is 10.6 Å². The largest absolute Gasteiger partial charge is 0.481 e. The van der Waals surface area contributed by atoms with E-state index in [2.05, 4.69) is 10.6 Å². The van der Waals surface area contributed by atoms with Gasteiger partial charge in [-0.3, -0.25) is 9.59 Å². The summed E-state index contributed by atoms with van der Waals surface area (Å²) in [6, 6.07) is 15.6. The van der Waals surface area contributed by atoms with Crippen LogP contribution in [0.25, 0.3) is 0 Å². The van der Waals surface area contributed by atoms with Crippen LogP contribution in [0.4, 0.5) is 11.4 Å². The summed E-state index contributed by atoms with van der Waals surface area (Å²) in [7, 11) is 0. The molecule has 0 unspecified atom stereocenters. The third kappa shape index (κ3) is 4.61. The first-order valence-electron chi connectivity index (χ1n) is 8.44. The summed E-state index contributed by atoms with van der Waals surface area (Å²) in [6.07, 6.45) is 1.21. The first kappa shape index (κ1) is 17.5. The molecule has 1 atom stereocenters. The zero-order chi connectivity index (χ0) is 18.5. The maximum atomic E-state index is 12.2. The number of amides is 2. The smallest absolute Gasteiger partial charge is 0.265 e. The van der Waals surface area contributed by atoms with Crippen molar-refractivity contribution in [3.63, 3.8) is 0 Å². The zero-order valence-electron chi connectivity index (χ0n) is 14.4. The third-order valence-corrected chi connectivity index (χ3v) is 4.03. The van der Waals surface area contributed by atoms with Crippen LogP contribution in [0.3, 0.4) is 0 Å². The maximum Gasteiger partial charge on any atom is 0.265 e. The molecular formula is C20H19N3O3. The fourth-order valence-electron chi connectivity index (χ4n) is 2.34. The fraction of sp³-hybridized carbons (Fsp3) is 0.250. The Bertz CT molecular complexity index is 834. The molecule has 0 aromatic heterocycles. The molecule has 2 N–H and O–H groups in total. The summed E-state index contributed by atoms with van der Waals surface area (Å²) in [5.74, 6) is 0.426. The Morgan fingerprint density at radius 1 is 1.04 bits per heavy atom. The Morgan fingerprint density at radius 3 is 2.15 bits per heavy atom. The first-order valence-corrected chi connectivity index (χ1v) is 8.44. The van der Waals surface area contributed by atoms with Crippen molar-refractivity contribution in [2.45, 2.75) is 25.9 Å². The monoisotopic (exact) mass is 349 g/mol. The maximum absolute atomic E-state index is 12.2. The molecule has 0 heterocycles. The molecule has 132 valence electrons. The highest BCUT2D eigenvalue weighted by Gasteiger charge is 2.29. The van der Waals surface area contributed by atoms with Crippen molar-refractivity contribution < 1.29 is 14.3 Å². The van der Waals surface area contributed by atoms with Crippen LogP contribution in [0, 0.1) is 17.2 Å². The lowest BCUT2D eigenvalue weighted by Gasteiger charge is -2.15. The number of carbonyl (C=O) groups is 2. The summed E-state index contributed by atoms with van der Waals surface area (Å²) in [5.41, 5.74) is 1.86. The minimum atomic E-state index is -0.697. The summed E-state index contributed by atoms with van der Waals surface area (Å²) in [5, 5.41) is 14.4. The Morgan fingerprint density at radius 2 is 1.62 bits per heavy atom. The molecule has 3 rings (SSSR count). The van der Waals surface area contributed by atoms with Gasteiger partial charge in [-0.15, -0.1) is 0 Å². The lowest BCUT2D eigenvalue weighted by atomic mass is 10.2. The number of nitrogens with one attached hydrogen (secondary N) is 2. The predicted molar refractivity (Wildman–Crippen MR) is 97.7 cm³/mol. The van der Waals surface area contributed by atoms with Gasteiger partial charge in [-0.2, -0.15) is 5.26 Å². The number of benzene rings is 2. The molecule has 1 fully saturated rings. The van der Waals surface area contributed by atoms with Gasteiger partial charge in [0, 0.05) is 17.3 Å². The van der Waals surface area contributed by atoms with Crippen molar-refractivity contribution >= 4 is 23.2 Å². The van der Waals surface area contributed by atoms with E-state index in [9.17, 15) is 9.59 Å². The number of carbonyl (C=O) groups excluding carboxylic acids is 2. The van der Waals surface area contributed by atoms with E-state index >= 15 is 0 Å². The van der Waals surface area contributed by atoms with Gasteiger partial charge in [-0.25, -0.2) is 0 Å². The van der Waals surface area contributed by atoms with Gasteiger partial charge in [0.25, 0.3) is 5.91 Å². The standard InChI is InChI=1S/C20H19N3O3/c1-13(26-18-10-2-14(12-21)3-11-18)19(24)22-16-6-8-17(9-7-16)23-20(25)15-4-5-15/h2-3,6-11,13,15H,4-5H2,1H3,(H,22,24)(H,23,25)/t13-/m0/s1. The van der Waals surface area contributed by atoms with Crippen molar-refractivity contribution in [3.8, 4) is 11.8 Å². The van der Waals surface area contributed by atoms with E-state index in [1.807, 2.05) is 6.07 Å². The van der Waals surface area contributed by atoms with Gasteiger partial charge in [-0.1, -0.05) is 0 Å². The molecule has 0 aliphatic heterocycles. The van der Waals surface area contributed by atoms with E-state index in [-0.39, 0.29) is 17.7 Å². The molecule has 6 nitrogen and oxygen atoms in total. The molecule has 2 aromatic carbocycles. The second-order valence-corrected chi connectivity index (χ2v) is 6.23. The highest BCUT2D eigenvalue weighted by Crippen LogP contribution is 2.30. The van der Waals surface area contributed by atoms with E-state index in [1.54, 1.807) is 55.5 Å². The van der Waals surface area contributed by atoms with Gasteiger partial charge in [0.05, 0.1) is 11.6 Å². The number of nitriles is 1. The van der Waals surface area contributed by atoms with E-state index in [0.29, 0.717) is 22.7 Å². The fourth-order valence-corrected chi connectivity index (χ4v) is 2.34. The molecule has 1 saturated carbocycles. The second kappa shape index (κ2) is 7.70. The molecule has 1 aliphatic carbocycles. The summed E-state index contributed by atoms with van der Waals surface area (Å²) in [6.45, 7) is 1.65. The highest BCUT2D eigenvalue weighted by molar-refractivity contribution is 5.96. The molecule has 26 heavy (non-hydrogen) atoms. The van der Waals surface area contributed by atoms with Crippen LogP contribution in [0.5, 0.6) is 5.75 Å². The van der Waals surface area contributed by atoms with Crippen LogP contribution in [0.1, 0.15) is 25.3 Å². The van der Waals surface area contributed by atoms with Crippen molar-refractivity contribution in [1.82, 2.24) is 0 Å². The molecule has 0 saturated heterocycles. The molecule has 0 bridgehead atoms. The van der Waals surface area contributed by atoms with Crippen molar-refractivity contribution in [2.24, 2.45) is 5.92 Å². The highest BCUT2D eigenvalue weighted by atomic mass is 16.5. The van der Waals surface area contributed by atoms with Crippen LogP contribution < -0.4 is 15.4 Å². The minimum absolute atomic E-state index is 0.0474. The number of ether oxygens (including phenoxy) is 1. The number of hydrogen-bond acceptors (Lipinski definition) is 4. The number of hydrogen-bond donors (Lipinski definition) is 2. The van der Waals surface area contributed by atoms with Gasteiger partial charge in [0.2, 0.25) is 5.91 Å². The van der Waals surface area contributed by atoms with Crippen molar-refractivity contribution in [3.05, 3.63) is 54.1 Å². The zero-order valence-corrected chi connectivity index (χ0v) is 14.4. The molecular weight excluding hydrogens is 330 g/mol. The summed E-state index contributed by atoms with van der Waals surface area (Å²) >= 11 is 0. The number of nitrogens with zero attached hydrogens (tertiary/aromatic N) is 1. The van der Waals surface area contributed by atoms with Crippen LogP contribution in [-0.4, -0.2) is 17.9 Å². The summed E-state index contributed by atoms with van der Waals surface area (Å²) < 4.78 is 5.58. The minimum Gasteiger partial charge on any atom is -0.481 e. The van der Waals surface area contributed by atoms with Crippen LogP contribution in [0.2, 0.25) is 0 Å². The van der Waals surface area contributed by atoms with Crippen LogP contribution in [0.15, 0.2) is 48.5 Å². The molecule has 6 heteroatoms. The first-order chi connectivity index (χ1) is 12.5. The lowest BCUT2D eigenvalue weighted by Crippen LogP contribution is -2.30. The van der Waals surface area contributed by atoms with E-state index in [0.717, 1.165) is 12.8 Å². The van der Waals surface area contributed by atoms with E-state index in [4.69, 9.17) is 10.00 Å². The second-order valence-electron chi connectivity index (χ2n) is 6.23. The molecule has 0 radical (unpaired) electrons. The average molecular weight is 349 g/mol. The molecule has 0 spiro atoms. The van der Waals surface area contributed by atoms with Crippen LogP contribution >= 0.6 is 0 Å². The average Bonchev–Trinajstić information content (AvgIpc) is 3.49. The van der Waals surface area contributed by atoms with Crippen LogP contribution in [-0.2, 0) is 9.59 Å². The van der Waals surface area contributed by atoms with Gasteiger partial charge in [0.1, 0.15) is 5.75 Å². The molecule has 2 amide bonds. The van der Waals surface area contributed by atoms with E-state index < -0.39 is 6.10 Å². The number of anilines is 2. The normalized spacial score (nSPS) is 14.0. The van der Waals surface area contributed by atoms with Crippen molar-refractivity contribution in [1.29, 1.82) is 5.26 Å². The Balaban J connectivity index is 1.52. The van der Waals surface area contributed by atoms with Gasteiger partial charge >= 0.3 is 0 Å².